The fourth-order valence-corrected chi connectivity index (χ4v) is 4.53. The van der Waals surface area contributed by atoms with Crippen molar-refractivity contribution in [2.45, 2.75) is 45.4 Å². The van der Waals surface area contributed by atoms with E-state index >= 15 is 0 Å². The van der Waals surface area contributed by atoms with E-state index in [1.165, 1.54) is 6.42 Å². The Hall–Kier alpha value is -2.96. The van der Waals surface area contributed by atoms with E-state index in [4.69, 9.17) is 9.97 Å². The van der Waals surface area contributed by atoms with Crippen molar-refractivity contribution in [1.82, 2.24) is 24.6 Å². The van der Waals surface area contributed by atoms with E-state index in [1.54, 1.807) is 0 Å². The lowest BCUT2D eigenvalue weighted by Crippen LogP contribution is -2.41. The van der Waals surface area contributed by atoms with Gasteiger partial charge in [0.1, 0.15) is 11.6 Å². The van der Waals surface area contributed by atoms with Gasteiger partial charge in [-0.1, -0.05) is 31.5 Å². The number of hydrogen-bond donors (Lipinski definition) is 0. The zero-order valence-corrected chi connectivity index (χ0v) is 18.2. The van der Waals surface area contributed by atoms with Crippen LogP contribution in [0.4, 0.5) is 5.82 Å². The molecular weight excluding hydrogens is 388 g/mol. The SMILES string of the molecule is CCCc1nc(N2CCCN(C(=O)C3CCC3)CC2)c2cnn(-c3ccccc3)c2n1. The van der Waals surface area contributed by atoms with Gasteiger partial charge in [-0.15, -0.1) is 0 Å². The van der Waals surface area contributed by atoms with E-state index in [1.807, 2.05) is 41.2 Å². The number of carbonyl (C=O) groups is 1. The van der Waals surface area contributed by atoms with Crippen molar-refractivity contribution in [1.29, 1.82) is 0 Å². The summed E-state index contributed by atoms with van der Waals surface area (Å²) in [6, 6.07) is 10.1. The van der Waals surface area contributed by atoms with Crippen LogP contribution in [0.25, 0.3) is 16.7 Å². The fraction of sp³-hybridized carbons (Fsp3) is 0.500. The minimum absolute atomic E-state index is 0.262. The van der Waals surface area contributed by atoms with Crippen LogP contribution in [0, 0.1) is 5.92 Å². The number of aryl methyl sites for hydroxylation is 1. The Morgan fingerprint density at radius 3 is 2.61 bits per heavy atom. The Labute approximate surface area is 183 Å². The van der Waals surface area contributed by atoms with Crippen LogP contribution < -0.4 is 4.90 Å². The summed E-state index contributed by atoms with van der Waals surface area (Å²) in [5.74, 6) is 2.42. The third-order valence-corrected chi connectivity index (χ3v) is 6.49. The lowest BCUT2D eigenvalue weighted by atomic mass is 9.84. The second-order valence-electron chi connectivity index (χ2n) is 8.64. The molecule has 7 heteroatoms. The number of nitrogens with zero attached hydrogens (tertiary/aromatic N) is 6. The number of fused-ring (bicyclic) bond motifs is 1. The normalized spacial score (nSPS) is 17.6. The topological polar surface area (TPSA) is 67.2 Å². The standard InChI is InChI=1S/C24H30N6O/c1-2-8-21-26-22(20-17-25-30(23(20)27-21)19-11-4-3-5-12-19)28-13-7-14-29(16-15-28)24(31)18-9-6-10-18/h3-5,11-12,17-18H,2,6-10,13-16H2,1H3. The molecule has 2 fully saturated rings. The molecule has 1 amide bonds. The first kappa shape index (κ1) is 20.0. The van der Waals surface area contributed by atoms with Gasteiger partial charge in [0.2, 0.25) is 5.91 Å². The molecule has 0 N–H and O–H groups in total. The van der Waals surface area contributed by atoms with Crippen LogP contribution in [0.1, 0.15) is 44.9 Å². The van der Waals surface area contributed by atoms with Crippen LogP contribution in [0.3, 0.4) is 0 Å². The molecule has 0 spiro atoms. The van der Waals surface area contributed by atoms with E-state index in [0.717, 1.165) is 86.6 Å². The summed E-state index contributed by atoms with van der Waals surface area (Å²) in [6.45, 7) is 5.44. The van der Waals surface area contributed by atoms with Crippen molar-refractivity contribution < 1.29 is 4.79 Å². The number of carbonyl (C=O) groups excluding carboxylic acids is 1. The largest absolute Gasteiger partial charge is 0.354 e. The number of hydrogen-bond acceptors (Lipinski definition) is 5. The summed E-state index contributed by atoms with van der Waals surface area (Å²) in [4.78, 5) is 27.0. The molecule has 7 nitrogen and oxygen atoms in total. The van der Waals surface area contributed by atoms with Crippen molar-refractivity contribution in [3.63, 3.8) is 0 Å². The number of para-hydroxylation sites is 1. The molecular formula is C24H30N6O. The van der Waals surface area contributed by atoms with Gasteiger partial charge in [0, 0.05) is 38.5 Å². The zero-order chi connectivity index (χ0) is 21.2. The number of amides is 1. The molecule has 0 bridgehead atoms. The third kappa shape index (κ3) is 3.89. The van der Waals surface area contributed by atoms with Crippen LogP contribution in [0.2, 0.25) is 0 Å². The summed E-state index contributed by atoms with van der Waals surface area (Å²) in [7, 11) is 0. The molecule has 1 aromatic carbocycles. The third-order valence-electron chi connectivity index (χ3n) is 6.49. The lowest BCUT2D eigenvalue weighted by Gasteiger charge is -2.31. The highest BCUT2D eigenvalue weighted by atomic mass is 16.2. The van der Waals surface area contributed by atoms with E-state index in [9.17, 15) is 4.79 Å². The second kappa shape index (κ2) is 8.65. The minimum atomic E-state index is 0.262. The molecule has 0 unspecified atom stereocenters. The molecule has 2 aliphatic rings. The number of aromatic nitrogens is 4. The van der Waals surface area contributed by atoms with Crippen molar-refractivity contribution >= 4 is 22.8 Å². The quantitative estimate of drug-likeness (QED) is 0.633. The first-order chi connectivity index (χ1) is 15.2. The minimum Gasteiger partial charge on any atom is -0.354 e. The number of anilines is 1. The van der Waals surface area contributed by atoms with Gasteiger partial charge in [0.05, 0.1) is 17.3 Å². The maximum absolute atomic E-state index is 12.8. The molecule has 162 valence electrons. The van der Waals surface area contributed by atoms with Crippen LogP contribution in [0.5, 0.6) is 0 Å². The molecule has 3 aromatic rings. The Balaban J connectivity index is 1.47. The average Bonchev–Trinajstić information content (AvgIpc) is 3.01. The Morgan fingerprint density at radius 1 is 1.03 bits per heavy atom. The monoisotopic (exact) mass is 418 g/mol. The molecule has 0 radical (unpaired) electrons. The molecule has 1 aliphatic carbocycles. The Bertz CT molecular complexity index is 1060. The summed E-state index contributed by atoms with van der Waals surface area (Å²) in [5.41, 5.74) is 1.85. The summed E-state index contributed by atoms with van der Waals surface area (Å²) in [6.07, 6.45) is 7.99. The fourth-order valence-electron chi connectivity index (χ4n) is 4.53. The first-order valence-corrected chi connectivity index (χ1v) is 11.6. The Morgan fingerprint density at radius 2 is 1.87 bits per heavy atom. The smallest absolute Gasteiger partial charge is 0.225 e. The van der Waals surface area contributed by atoms with Gasteiger partial charge < -0.3 is 9.80 Å². The van der Waals surface area contributed by atoms with Gasteiger partial charge in [-0.2, -0.15) is 5.10 Å². The summed E-state index contributed by atoms with van der Waals surface area (Å²) in [5, 5.41) is 5.63. The second-order valence-corrected chi connectivity index (χ2v) is 8.64. The molecule has 3 heterocycles. The zero-order valence-electron chi connectivity index (χ0n) is 18.2. The van der Waals surface area contributed by atoms with E-state index < -0.39 is 0 Å². The predicted octanol–water partition coefficient (Wildman–Crippen LogP) is 3.61. The van der Waals surface area contributed by atoms with E-state index in [0.29, 0.717) is 5.91 Å². The van der Waals surface area contributed by atoms with Crippen molar-refractivity contribution in [3.05, 3.63) is 42.4 Å². The molecule has 1 saturated heterocycles. The van der Waals surface area contributed by atoms with E-state index in [2.05, 4.69) is 21.8 Å². The van der Waals surface area contributed by atoms with Gasteiger partial charge in [-0.05, 0) is 37.8 Å². The van der Waals surface area contributed by atoms with Gasteiger partial charge in [0.25, 0.3) is 0 Å². The van der Waals surface area contributed by atoms with Gasteiger partial charge >= 0.3 is 0 Å². The Kier molecular flexibility index (Phi) is 5.57. The highest BCUT2D eigenvalue weighted by molar-refractivity contribution is 5.88. The molecule has 2 aromatic heterocycles. The van der Waals surface area contributed by atoms with Crippen LogP contribution in [0.15, 0.2) is 36.5 Å². The highest BCUT2D eigenvalue weighted by Gasteiger charge is 2.31. The maximum atomic E-state index is 12.8. The van der Waals surface area contributed by atoms with Crippen molar-refractivity contribution in [2.24, 2.45) is 5.92 Å². The lowest BCUT2D eigenvalue weighted by molar-refractivity contribution is -0.137. The van der Waals surface area contributed by atoms with Crippen molar-refractivity contribution in [3.8, 4) is 5.69 Å². The summed E-state index contributed by atoms with van der Waals surface area (Å²) < 4.78 is 1.91. The van der Waals surface area contributed by atoms with Gasteiger partial charge in [0.15, 0.2) is 5.65 Å². The van der Waals surface area contributed by atoms with Crippen LogP contribution in [-0.2, 0) is 11.2 Å². The molecule has 1 aliphatic heterocycles. The predicted molar refractivity (Wildman–Crippen MR) is 121 cm³/mol. The molecule has 5 rings (SSSR count). The highest BCUT2D eigenvalue weighted by Crippen LogP contribution is 2.30. The van der Waals surface area contributed by atoms with Crippen LogP contribution >= 0.6 is 0 Å². The van der Waals surface area contributed by atoms with Gasteiger partial charge in [-0.25, -0.2) is 14.6 Å². The maximum Gasteiger partial charge on any atom is 0.225 e. The first-order valence-electron chi connectivity index (χ1n) is 11.6. The van der Waals surface area contributed by atoms with Gasteiger partial charge in [-0.3, -0.25) is 4.79 Å². The van der Waals surface area contributed by atoms with Crippen molar-refractivity contribution in [2.75, 3.05) is 31.1 Å². The average molecular weight is 419 g/mol. The summed E-state index contributed by atoms with van der Waals surface area (Å²) >= 11 is 0. The number of benzene rings is 1. The van der Waals surface area contributed by atoms with E-state index in [-0.39, 0.29) is 5.92 Å². The molecule has 1 saturated carbocycles. The van der Waals surface area contributed by atoms with Crippen LogP contribution in [-0.4, -0.2) is 56.7 Å². The molecule has 0 atom stereocenters. The number of rotatable bonds is 5. The molecule has 31 heavy (non-hydrogen) atoms.